The predicted octanol–water partition coefficient (Wildman–Crippen LogP) is 0.175. The van der Waals surface area contributed by atoms with Crippen LogP contribution in [0.25, 0.3) is 0 Å². The van der Waals surface area contributed by atoms with Crippen molar-refractivity contribution in [3.63, 3.8) is 0 Å². The molecule has 0 amide bonds. The molecule has 0 aromatic carbocycles. The monoisotopic (exact) mass is 138 g/mol. The largest absolute Gasteiger partial charge is 0.298 e. The Morgan fingerprint density at radius 3 is 3.10 bits per heavy atom. The van der Waals surface area contributed by atoms with Gasteiger partial charge in [-0.2, -0.15) is 5.26 Å². The molecular formula is C7H10N2O. The third-order valence-electron chi connectivity index (χ3n) is 1.62. The van der Waals surface area contributed by atoms with Crippen molar-refractivity contribution in [1.29, 1.82) is 5.26 Å². The first kappa shape index (κ1) is 7.23. The van der Waals surface area contributed by atoms with Gasteiger partial charge in [-0.25, -0.2) is 0 Å². The van der Waals surface area contributed by atoms with E-state index in [9.17, 15) is 4.79 Å². The van der Waals surface area contributed by atoms with Gasteiger partial charge in [-0.3, -0.25) is 9.69 Å². The van der Waals surface area contributed by atoms with Crippen molar-refractivity contribution >= 4 is 5.78 Å². The van der Waals surface area contributed by atoms with Crippen molar-refractivity contribution in [3.05, 3.63) is 0 Å². The van der Waals surface area contributed by atoms with E-state index in [0.29, 0.717) is 19.5 Å². The van der Waals surface area contributed by atoms with Crippen LogP contribution < -0.4 is 0 Å². The van der Waals surface area contributed by atoms with Crippen LogP contribution in [0.15, 0.2) is 0 Å². The third kappa shape index (κ3) is 1.82. The number of piperidine rings is 1. The Morgan fingerprint density at radius 1 is 1.70 bits per heavy atom. The molecule has 3 nitrogen and oxygen atoms in total. The van der Waals surface area contributed by atoms with Crippen molar-refractivity contribution in [2.75, 3.05) is 19.6 Å². The van der Waals surface area contributed by atoms with Crippen molar-refractivity contribution in [2.24, 2.45) is 0 Å². The van der Waals surface area contributed by atoms with E-state index in [4.69, 9.17) is 5.26 Å². The first-order valence-corrected chi connectivity index (χ1v) is 3.44. The van der Waals surface area contributed by atoms with Crippen LogP contribution in [0, 0.1) is 11.3 Å². The molecule has 10 heavy (non-hydrogen) atoms. The van der Waals surface area contributed by atoms with Gasteiger partial charge in [0.2, 0.25) is 0 Å². The van der Waals surface area contributed by atoms with Gasteiger partial charge in [0, 0.05) is 13.0 Å². The highest BCUT2D eigenvalue weighted by Gasteiger charge is 2.15. The molecule has 0 aromatic heterocycles. The zero-order chi connectivity index (χ0) is 7.40. The van der Waals surface area contributed by atoms with Gasteiger partial charge in [-0.1, -0.05) is 0 Å². The maximum absolute atomic E-state index is 10.8. The minimum Gasteiger partial charge on any atom is -0.298 e. The molecule has 1 fully saturated rings. The van der Waals surface area contributed by atoms with E-state index in [1.54, 1.807) is 0 Å². The lowest BCUT2D eigenvalue weighted by molar-refractivity contribution is -0.121. The second-order valence-electron chi connectivity index (χ2n) is 2.51. The molecule has 3 heteroatoms. The zero-order valence-electron chi connectivity index (χ0n) is 5.84. The van der Waals surface area contributed by atoms with Crippen molar-refractivity contribution in [2.45, 2.75) is 12.8 Å². The second kappa shape index (κ2) is 3.33. The highest BCUT2D eigenvalue weighted by Crippen LogP contribution is 2.03. The SMILES string of the molecule is N#CCN1CCCC(=O)C1. The molecule has 54 valence electrons. The van der Waals surface area contributed by atoms with E-state index in [0.717, 1.165) is 13.0 Å². The molecule has 0 saturated carbocycles. The minimum atomic E-state index is 0.265. The minimum absolute atomic E-state index is 0.265. The fourth-order valence-corrected chi connectivity index (χ4v) is 1.14. The summed E-state index contributed by atoms with van der Waals surface area (Å²) < 4.78 is 0. The summed E-state index contributed by atoms with van der Waals surface area (Å²) in [6, 6.07) is 2.03. The molecule has 0 atom stereocenters. The number of carbonyl (C=O) groups excluding carboxylic acids is 1. The van der Waals surface area contributed by atoms with Crippen molar-refractivity contribution in [3.8, 4) is 6.07 Å². The third-order valence-corrected chi connectivity index (χ3v) is 1.62. The predicted molar refractivity (Wildman–Crippen MR) is 36.3 cm³/mol. The van der Waals surface area contributed by atoms with Crippen LogP contribution in [-0.2, 0) is 4.79 Å². The molecule has 0 unspecified atom stereocenters. The Balaban J connectivity index is 2.34. The Hall–Kier alpha value is -0.880. The average molecular weight is 138 g/mol. The molecule has 1 saturated heterocycles. The van der Waals surface area contributed by atoms with Crippen LogP contribution in [0.2, 0.25) is 0 Å². The number of hydrogen-bond donors (Lipinski definition) is 0. The molecule has 0 aliphatic carbocycles. The van der Waals surface area contributed by atoms with Crippen LogP contribution in [0.3, 0.4) is 0 Å². The van der Waals surface area contributed by atoms with E-state index in [1.165, 1.54) is 0 Å². The van der Waals surface area contributed by atoms with Gasteiger partial charge in [0.05, 0.1) is 19.2 Å². The summed E-state index contributed by atoms with van der Waals surface area (Å²) in [4.78, 5) is 12.7. The normalized spacial score (nSPS) is 20.5. The molecule has 0 radical (unpaired) electrons. The maximum atomic E-state index is 10.8. The first-order chi connectivity index (χ1) is 4.83. The molecule has 1 aliphatic heterocycles. The quantitative estimate of drug-likeness (QED) is 0.485. The van der Waals surface area contributed by atoms with Gasteiger partial charge >= 0.3 is 0 Å². The van der Waals surface area contributed by atoms with Crippen LogP contribution in [-0.4, -0.2) is 30.3 Å². The molecule has 1 heterocycles. The highest BCUT2D eigenvalue weighted by molar-refractivity contribution is 5.81. The fraction of sp³-hybridized carbons (Fsp3) is 0.714. The van der Waals surface area contributed by atoms with E-state index in [1.807, 2.05) is 11.0 Å². The van der Waals surface area contributed by atoms with E-state index >= 15 is 0 Å². The number of nitriles is 1. The lowest BCUT2D eigenvalue weighted by Crippen LogP contribution is -2.35. The lowest BCUT2D eigenvalue weighted by atomic mass is 10.1. The summed E-state index contributed by atoms with van der Waals surface area (Å²) in [6.07, 6.45) is 1.61. The average Bonchev–Trinajstić information content (AvgIpc) is 1.88. The Bertz CT molecular complexity index is 171. The van der Waals surface area contributed by atoms with Gasteiger partial charge in [0.25, 0.3) is 0 Å². The van der Waals surface area contributed by atoms with Gasteiger partial charge in [-0.15, -0.1) is 0 Å². The summed E-state index contributed by atoms with van der Waals surface area (Å²) in [7, 11) is 0. The zero-order valence-corrected chi connectivity index (χ0v) is 5.84. The first-order valence-electron chi connectivity index (χ1n) is 3.44. The fourth-order valence-electron chi connectivity index (χ4n) is 1.14. The Morgan fingerprint density at radius 2 is 2.50 bits per heavy atom. The summed E-state index contributed by atoms with van der Waals surface area (Å²) in [5.41, 5.74) is 0. The van der Waals surface area contributed by atoms with Gasteiger partial charge < -0.3 is 0 Å². The molecule has 0 bridgehead atoms. The van der Waals surface area contributed by atoms with E-state index in [2.05, 4.69) is 0 Å². The molecule has 0 N–H and O–H groups in total. The molecule has 1 rings (SSSR count). The maximum Gasteiger partial charge on any atom is 0.146 e. The molecule has 0 aromatic rings. The summed E-state index contributed by atoms with van der Waals surface area (Å²) in [5, 5.41) is 8.30. The summed E-state index contributed by atoms with van der Waals surface area (Å²) >= 11 is 0. The van der Waals surface area contributed by atoms with Crippen molar-refractivity contribution < 1.29 is 4.79 Å². The van der Waals surface area contributed by atoms with Crippen molar-refractivity contribution in [1.82, 2.24) is 4.90 Å². The number of hydrogen-bond acceptors (Lipinski definition) is 3. The summed E-state index contributed by atoms with van der Waals surface area (Å²) in [5.74, 6) is 0.265. The van der Waals surface area contributed by atoms with E-state index < -0.39 is 0 Å². The highest BCUT2D eigenvalue weighted by atomic mass is 16.1. The Labute approximate surface area is 60.2 Å². The van der Waals surface area contributed by atoms with Crippen LogP contribution >= 0.6 is 0 Å². The number of nitrogens with zero attached hydrogens (tertiary/aromatic N) is 2. The van der Waals surface area contributed by atoms with Gasteiger partial charge in [0.15, 0.2) is 0 Å². The topological polar surface area (TPSA) is 44.1 Å². The Kier molecular flexibility index (Phi) is 2.41. The smallest absolute Gasteiger partial charge is 0.146 e. The van der Waals surface area contributed by atoms with Gasteiger partial charge in [-0.05, 0) is 6.42 Å². The number of likely N-dealkylation sites (tertiary alicyclic amines) is 1. The van der Waals surface area contributed by atoms with Crippen LogP contribution in [0.5, 0.6) is 0 Å². The second-order valence-corrected chi connectivity index (χ2v) is 2.51. The number of carbonyl (C=O) groups is 1. The van der Waals surface area contributed by atoms with Gasteiger partial charge in [0.1, 0.15) is 5.78 Å². The van der Waals surface area contributed by atoms with E-state index in [-0.39, 0.29) is 5.78 Å². The number of Topliss-reactive ketones (excluding diaryl/α,β-unsaturated/α-hetero) is 1. The standard InChI is InChI=1S/C7H10N2O/c8-3-5-9-4-1-2-7(10)6-9/h1-2,4-6H2. The molecule has 0 spiro atoms. The van der Waals surface area contributed by atoms with Crippen LogP contribution in [0.1, 0.15) is 12.8 Å². The molecule has 1 aliphatic rings. The van der Waals surface area contributed by atoms with Crippen LogP contribution in [0.4, 0.5) is 0 Å². The number of ketones is 1. The lowest BCUT2D eigenvalue weighted by Gasteiger charge is -2.22. The summed E-state index contributed by atoms with van der Waals surface area (Å²) in [6.45, 7) is 1.78. The molecular weight excluding hydrogens is 128 g/mol. The number of rotatable bonds is 1.